The highest BCUT2D eigenvalue weighted by Crippen LogP contribution is 2.35. The number of thiocarbonyl (C=S) groups is 1. The average Bonchev–Trinajstić information content (AvgIpc) is 2.83. The molecule has 1 aromatic carbocycles. The van der Waals surface area contributed by atoms with Gasteiger partial charge in [-0.2, -0.15) is 0 Å². The van der Waals surface area contributed by atoms with E-state index in [0.717, 1.165) is 23.1 Å². The van der Waals surface area contributed by atoms with E-state index < -0.39 is 22.8 Å². The molecule has 0 bridgehead atoms. The Labute approximate surface area is 153 Å². The van der Waals surface area contributed by atoms with E-state index in [4.69, 9.17) is 12.2 Å². The molecule has 0 spiro atoms. The van der Waals surface area contributed by atoms with Crippen LogP contribution in [0.5, 0.6) is 0 Å². The first-order valence-corrected chi connectivity index (χ1v) is 8.82. The number of amides is 1. The molecule has 1 saturated heterocycles. The van der Waals surface area contributed by atoms with E-state index in [2.05, 4.69) is 0 Å². The number of carboxylic acid groups (broad SMARTS) is 1. The predicted molar refractivity (Wildman–Crippen MR) is 99.1 cm³/mol. The number of rotatable bonds is 7. The van der Waals surface area contributed by atoms with E-state index in [1.165, 1.54) is 24.3 Å². The number of carbonyl (C=O) groups is 2. The minimum absolute atomic E-state index is 0.0461. The molecule has 1 heterocycles. The van der Waals surface area contributed by atoms with Gasteiger partial charge in [-0.05, 0) is 30.2 Å². The number of unbranched alkanes of at least 4 members (excludes halogenated alkanes) is 1. The first-order valence-electron chi connectivity index (χ1n) is 7.59. The van der Waals surface area contributed by atoms with Crippen LogP contribution in [-0.4, -0.2) is 37.2 Å². The molecule has 7 nitrogen and oxygen atoms in total. The van der Waals surface area contributed by atoms with Crippen LogP contribution in [0, 0.1) is 10.1 Å². The molecule has 1 aliphatic rings. The molecule has 1 amide bonds. The van der Waals surface area contributed by atoms with Crippen LogP contribution in [0.1, 0.15) is 31.7 Å². The summed E-state index contributed by atoms with van der Waals surface area (Å²) < 4.78 is 0.210. The van der Waals surface area contributed by atoms with Crippen molar-refractivity contribution in [2.45, 2.75) is 32.2 Å². The van der Waals surface area contributed by atoms with Crippen molar-refractivity contribution in [2.24, 2.45) is 0 Å². The fourth-order valence-electron chi connectivity index (χ4n) is 2.35. The van der Waals surface area contributed by atoms with E-state index in [1.54, 1.807) is 6.08 Å². The van der Waals surface area contributed by atoms with Gasteiger partial charge >= 0.3 is 5.97 Å². The lowest BCUT2D eigenvalue weighted by Gasteiger charge is -2.22. The maximum atomic E-state index is 12.6. The Morgan fingerprint density at radius 3 is 2.60 bits per heavy atom. The topological polar surface area (TPSA) is 101 Å². The van der Waals surface area contributed by atoms with Gasteiger partial charge in [-0.3, -0.25) is 19.8 Å². The molecule has 2 rings (SSSR count). The summed E-state index contributed by atoms with van der Waals surface area (Å²) in [5, 5.41) is 20.1. The monoisotopic (exact) mass is 380 g/mol. The largest absolute Gasteiger partial charge is 0.480 e. The van der Waals surface area contributed by atoms with Crippen molar-refractivity contribution in [3.05, 3.63) is 44.8 Å². The highest BCUT2D eigenvalue weighted by Gasteiger charge is 2.40. The number of nitro benzene ring substituents is 1. The number of carbonyl (C=O) groups excluding carboxylic acids is 1. The minimum Gasteiger partial charge on any atom is -0.480 e. The maximum Gasteiger partial charge on any atom is 0.326 e. The maximum absolute atomic E-state index is 12.6. The molecule has 9 heteroatoms. The van der Waals surface area contributed by atoms with Crippen molar-refractivity contribution in [1.29, 1.82) is 0 Å². The van der Waals surface area contributed by atoms with Gasteiger partial charge < -0.3 is 5.11 Å². The number of hydrogen-bond acceptors (Lipinski definition) is 6. The fraction of sp³-hybridized carbons (Fsp3) is 0.312. The molecule has 1 aromatic rings. The highest BCUT2D eigenvalue weighted by atomic mass is 32.2. The van der Waals surface area contributed by atoms with Gasteiger partial charge in [0, 0.05) is 12.1 Å². The normalized spacial score (nSPS) is 17.2. The molecule has 1 N–H and O–H groups in total. The summed E-state index contributed by atoms with van der Waals surface area (Å²) in [6, 6.07) is 4.75. The Morgan fingerprint density at radius 1 is 1.44 bits per heavy atom. The predicted octanol–water partition coefficient (Wildman–Crippen LogP) is 3.44. The second-order valence-electron chi connectivity index (χ2n) is 5.40. The van der Waals surface area contributed by atoms with E-state index in [1.807, 2.05) is 6.92 Å². The molecule has 0 saturated carbocycles. The number of aliphatic carboxylic acids is 1. The Hall–Kier alpha value is -2.26. The van der Waals surface area contributed by atoms with Crippen LogP contribution < -0.4 is 0 Å². The van der Waals surface area contributed by atoms with E-state index >= 15 is 0 Å². The standard InChI is InChI=1S/C16H16N2O5S2/c1-2-3-4-12(15(20)21)17-14(19)13(25-16(17)24)9-10-5-7-11(8-6-10)18(22)23/h5-9,12H,2-4H2,1H3,(H,20,21)/b13-9-. The summed E-state index contributed by atoms with van der Waals surface area (Å²) in [7, 11) is 0. The van der Waals surface area contributed by atoms with Crippen LogP contribution in [0.3, 0.4) is 0 Å². The van der Waals surface area contributed by atoms with Gasteiger partial charge in [0.2, 0.25) is 0 Å². The van der Waals surface area contributed by atoms with Crippen molar-refractivity contribution in [2.75, 3.05) is 0 Å². The zero-order chi connectivity index (χ0) is 18.6. The fourth-order valence-corrected chi connectivity index (χ4v) is 3.71. The molecule has 25 heavy (non-hydrogen) atoms. The summed E-state index contributed by atoms with van der Waals surface area (Å²) in [5.74, 6) is -1.53. The van der Waals surface area contributed by atoms with Crippen molar-refractivity contribution >= 4 is 51.9 Å². The number of hydrogen-bond donors (Lipinski definition) is 1. The molecule has 1 atom stereocenters. The zero-order valence-corrected chi connectivity index (χ0v) is 15.0. The Morgan fingerprint density at radius 2 is 2.08 bits per heavy atom. The van der Waals surface area contributed by atoms with Crippen LogP contribution in [-0.2, 0) is 9.59 Å². The molecule has 0 radical (unpaired) electrons. The molecule has 0 aliphatic carbocycles. The minimum atomic E-state index is -1.08. The lowest BCUT2D eigenvalue weighted by atomic mass is 10.1. The number of non-ortho nitro benzene ring substituents is 1. The Balaban J connectivity index is 2.24. The van der Waals surface area contributed by atoms with Crippen molar-refractivity contribution in [3.63, 3.8) is 0 Å². The molecular formula is C16H16N2O5S2. The van der Waals surface area contributed by atoms with Crippen LogP contribution >= 0.6 is 24.0 Å². The van der Waals surface area contributed by atoms with Gasteiger partial charge in [-0.1, -0.05) is 43.7 Å². The number of benzene rings is 1. The number of nitro groups is 1. The molecule has 0 aromatic heterocycles. The highest BCUT2D eigenvalue weighted by molar-refractivity contribution is 8.26. The third-order valence-corrected chi connectivity index (χ3v) is 4.98. The van der Waals surface area contributed by atoms with E-state index in [9.17, 15) is 24.8 Å². The van der Waals surface area contributed by atoms with Crippen LogP contribution in [0.4, 0.5) is 5.69 Å². The molecular weight excluding hydrogens is 364 g/mol. The second kappa shape index (κ2) is 8.21. The van der Waals surface area contributed by atoms with Crippen molar-refractivity contribution in [1.82, 2.24) is 4.90 Å². The van der Waals surface area contributed by atoms with E-state index in [-0.39, 0.29) is 10.0 Å². The van der Waals surface area contributed by atoms with Gasteiger partial charge in [-0.15, -0.1) is 0 Å². The molecule has 132 valence electrons. The third-order valence-electron chi connectivity index (χ3n) is 3.65. The van der Waals surface area contributed by atoms with Crippen LogP contribution in [0.15, 0.2) is 29.2 Å². The first-order chi connectivity index (χ1) is 11.8. The first kappa shape index (κ1) is 19.1. The van der Waals surface area contributed by atoms with Gasteiger partial charge in [0.1, 0.15) is 10.4 Å². The zero-order valence-electron chi connectivity index (χ0n) is 13.4. The van der Waals surface area contributed by atoms with E-state index in [0.29, 0.717) is 23.3 Å². The van der Waals surface area contributed by atoms with Gasteiger partial charge in [0.05, 0.1) is 9.83 Å². The van der Waals surface area contributed by atoms with Crippen molar-refractivity contribution < 1.29 is 19.6 Å². The number of nitrogens with zero attached hydrogens (tertiary/aromatic N) is 2. The van der Waals surface area contributed by atoms with Gasteiger partial charge in [0.15, 0.2) is 0 Å². The van der Waals surface area contributed by atoms with Crippen LogP contribution in [0.25, 0.3) is 6.08 Å². The summed E-state index contributed by atoms with van der Waals surface area (Å²) in [6.45, 7) is 1.94. The van der Waals surface area contributed by atoms with Crippen LogP contribution in [0.2, 0.25) is 0 Å². The summed E-state index contributed by atoms with van der Waals surface area (Å²) >= 11 is 6.22. The molecule has 1 fully saturated rings. The quantitative estimate of drug-likeness (QED) is 0.335. The van der Waals surface area contributed by atoms with Gasteiger partial charge in [0.25, 0.3) is 11.6 Å². The molecule has 1 aliphatic heterocycles. The Kier molecular flexibility index (Phi) is 6.27. The van der Waals surface area contributed by atoms with Gasteiger partial charge in [-0.25, -0.2) is 4.79 Å². The average molecular weight is 380 g/mol. The lowest BCUT2D eigenvalue weighted by molar-refractivity contribution is -0.384. The third kappa shape index (κ3) is 4.43. The smallest absolute Gasteiger partial charge is 0.326 e. The number of thioether (sulfide) groups is 1. The lowest BCUT2D eigenvalue weighted by Crippen LogP contribution is -2.43. The van der Waals surface area contributed by atoms with Crippen molar-refractivity contribution in [3.8, 4) is 0 Å². The summed E-state index contributed by atoms with van der Waals surface area (Å²) in [6.07, 6.45) is 3.39. The SMILES string of the molecule is CCCCC(C(=O)O)N1C(=O)/C(=C/c2ccc([N+](=O)[O-])cc2)SC1=S. The molecule has 1 unspecified atom stereocenters. The summed E-state index contributed by atoms with van der Waals surface area (Å²) in [4.78, 5) is 35.7. The summed E-state index contributed by atoms with van der Waals surface area (Å²) in [5.41, 5.74) is 0.557. The Bertz CT molecular complexity index is 745. The number of carboxylic acids is 1. The second-order valence-corrected chi connectivity index (χ2v) is 7.07.